The van der Waals surface area contributed by atoms with Crippen molar-refractivity contribution in [1.82, 2.24) is 20.9 Å². The molecular formula is C24H34N6O2. The molecule has 0 saturated carbocycles. The Morgan fingerprint density at radius 3 is 2.66 bits per heavy atom. The van der Waals surface area contributed by atoms with Gasteiger partial charge in [-0.15, -0.1) is 0 Å². The molecule has 2 aromatic rings. The van der Waals surface area contributed by atoms with E-state index in [1.54, 1.807) is 6.26 Å². The highest BCUT2D eigenvalue weighted by Crippen LogP contribution is 2.25. The number of likely N-dealkylation sites (tertiary alicyclic amines) is 1. The zero-order valence-corrected chi connectivity index (χ0v) is 18.8. The van der Waals surface area contributed by atoms with Crippen LogP contribution >= 0.6 is 0 Å². The van der Waals surface area contributed by atoms with Gasteiger partial charge in [-0.1, -0.05) is 12.1 Å². The molecule has 1 aromatic heterocycles. The van der Waals surface area contributed by atoms with Crippen molar-refractivity contribution >= 4 is 17.6 Å². The van der Waals surface area contributed by atoms with Gasteiger partial charge >= 0.3 is 0 Å². The zero-order valence-electron chi connectivity index (χ0n) is 18.8. The Kier molecular flexibility index (Phi) is 7.66. The number of piperazine rings is 1. The number of hydrogen-bond acceptors (Lipinski definition) is 5. The van der Waals surface area contributed by atoms with Crippen molar-refractivity contribution in [2.75, 3.05) is 50.7 Å². The van der Waals surface area contributed by atoms with E-state index >= 15 is 0 Å². The third kappa shape index (κ3) is 5.82. The van der Waals surface area contributed by atoms with Crippen LogP contribution in [0.2, 0.25) is 0 Å². The Labute approximate surface area is 190 Å². The minimum Gasteiger partial charge on any atom is -0.468 e. The molecule has 0 bridgehead atoms. The van der Waals surface area contributed by atoms with Crippen LogP contribution in [0.3, 0.4) is 0 Å². The van der Waals surface area contributed by atoms with Crippen molar-refractivity contribution in [2.45, 2.75) is 32.4 Å². The van der Waals surface area contributed by atoms with E-state index in [4.69, 9.17) is 9.41 Å². The molecule has 3 heterocycles. The first kappa shape index (κ1) is 22.2. The van der Waals surface area contributed by atoms with Gasteiger partial charge in [0.05, 0.1) is 25.4 Å². The highest BCUT2D eigenvalue weighted by Gasteiger charge is 2.25. The van der Waals surface area contributed by atoms with Gasteiger partial charge in [-0.05, 0) is 62.7 Å². The average Bonchev–Trinajstić information content (AvgIpc) is 3.53. The zero-order chi connectivity index (χ0) is 22.2. The topological polar surface area (TPSA) is 85.1 Å². The molecular weight excluding hydrogens is 404 g/mol. The fourth-order valence-corrected chi connectivity index (χ4v) is 4.32. The Morgan fingerprint density at radius 2 is 1.97 bits per heavy atom. The van der Waals surface area contributed by atoms with Crippen LogP contribution in [-0.4, -0.2) is 62.6 Å². The van der Waals surface area contributed by atoms with Gasteiger partial charge in [0.2, 0.25) is 5.91 Å². The van der Waals surface area contributed by atoms with Gasteiger partial charge in [0, 0.05) is 31.9 Å². The van der Waals surface area contributed by atoms with E-state index in [1.165, 1.54) is 12.8 Å². The Balaban J connectivity index is 1.36. The van der Waals surface area contributed by atoms with Crippen molar-refractivity contribution < 1.29 is 9.21 Å². The highest BCUT2D eigenvalue weighted by molar-refractivity contribution is 5.82. The lowest BCUT2D eigenvalue weighted by Gasteiger charge is -2.28. The Hall–Kier alpha value is -3.00. The predicted octanol–water partition coefficient (Wildman–Crippen LogP) is 2.11. The number of carbonyl (C=O) groups is 1. The first-order valence-corrected chi connectivity index (χ1v) is 11.6. The molecule has 2 saturated heterocycles. The number of carbonyl (C=O) groups excluding carboxylic acids is 1. The van der Waals surface area contributed by atoms with Crippen LogP contribution in [0.1, 0.15) is 37.1 Å². The number of anilines is 1. The quantitative estimate of drug-likeness (QED) is 0.432. The molecule has 8 nitrogen and oxygen atoms in total. The summed E-state index contributed by atoms with van der Waals surface area (Å²) in [6.45, 7) is 8.37. The number of guanidine groups is 1. The van der Waals surface area contributed by atoms with Crippen molar-refractivity contribution in [3.05, 3.63) is 54.0 Å². The SMILES string of the molecule is CCNC(=NCc1ccc(N2CCNC(=O)C2)cc1)NCC(c1ccco1)N1CCCC1. The van der Waals surface area contributed by atoms with E-state index in [-0.39, 0.29) is 11.9 Å². The normalized spacial score (nSPS) is 18.5. The van der Waals surface area contributed by atoms with Crippen LogP contribution in [0.4, 0.5) is 5.69 Å². The van der Waals surface area contributed by atoms with Crippen LogP contribution < -0.4 is 20.9 Å². The fourth-order valence-electron chi connectivity index (χ4n) is 4.32. The largest absolute Gasteiger partial charge is 0.468 e. The number of rotatable bonds is 8. The number of aliphatic imine (C=N–C) groups is 1. The van der Waals surface area contributed by atoms with Gasteiger partial charge in [-0.2, -0.15) is 0 Å². The lowest BCUT2D eigenvalue weighted by atomic mass is 10.2. The van der Waals surface area contributed by atoms with Gasteiger partial charge in [-0.25, -0.2) is 4.99 Å². The van der Waals surface area contributed by atoms with Crippen molar-refractivity contribution in [2.24, 2.45) is 4.99 Å². The fraction of sp³-hybridized carbons (Fsp3) is 0.500. The van der Waals surface area contributed by atoms with Gasteiger partial charge in [-0.3, -0.25) is 9.69 Å². The van der Waals surface area contributed by atoms with Gasteiger partial charge in [0.25, 0.3) is 0 Å². The number of benzene rings is 1. The van der Waals surface area contributed by atoms with E-state index in [1.807, 2.05) is 6.07 Å². The maximum atomic E-state index is 11.6. The summed E-state index contributed by atoms with van der Waals surface area (Å²) in [7, 11) is 0. The van der Waals surface area contributed by atoms with Crippen molar-refractivity contribution in [1.29, 1.82) is 0 Å². The second-order valence-electron chi connectivity index (χ2n) is 8.29. The summed E-state index contributed by atoms with van der Waals surface area (Å²) in [5.74, 6) is 1.88. The molecule has 1 unspecified atom stereocenters. The van der Waals surface area contributed by atoms with E-state index in [0.29, 0.717) is 19.6 Å². The predicted molar refractivity (Wildman–Crippen MR) is 127 cm³/mol. The summed E-state index contributed by atoms with van der Waals surface area (Å²) in [5.41, 5.74) is 2.21. The molecule has 8 heteroatoms. The standard InChI is InChI=1S/C24H34N6O2/c1-2-25-24(28-17-21(22-6-5-15-32-22)29-12-3-4-13-29)27-16-19-7-9-20(10-8-19)30-14-11-26-23(31)18-30/h5-10,15,21H,2-4,11-14,16-18H2,1H3,(H,26,31)(H2,25,27,28). The van der Waals surface area contributed by atoms with Crippen molar-refractivity contribution in [3.63, 3.8) is 0 Å². The second-order valence-corrected chi connectivity index (χ2v) is 8.29. The van der Waals surface area contributed by atoms with E-state index in [2.05, 4.69) is 63.0 Å². The second kappa shape index (κ2) is 11.0. The third-order valence-electron chi connectivity index (χ3n) is 6.02. The molecule has 2 aliphatic rings. The van der Waals surface area contributed by atoms with Crippen LogP contribution in [0, 0.1) is 0 Å². The molecule has 1 amide bonds. The minimum atomic E-state index is 0.0769. The number of nitrogens with one attached hydrogen (secondary N) is 3. The molecule has 172 valence electrons. The summed E-state index contributed by atoms with van der Waals surface area (Å²) >= 11 is 0. The number of furan rings is 1. The van der Waals surface area contributed by atoms with Crippen LogP contribution in [0.25, 0.3) is 0 Å². The third-order valence-corrected chi connectivity index (χ3v) is 6.02. The van der Waals surface area contributed by atoms with Crippen LogP contribution in [0.15, 0.2) is 52.1 Å². The highest BCUT2D eigenvalue weighted by atomic mass is 16.3. The first-order valence-electron chi connectivity index (χ1n) is 11.6. The number of hydrogen-bond donors (Lipinski definition) is 3. The first-order chi connectivity index (χ1) is 15.7. The molecule has 0 aliphatic carbocycles. The summed E-state index contributed by atoms with van der Waals surface area (Å²) in [6, 6.07) is 12.5. The van der Waals surface area contributed by atoms with Crippen LogP contribution in [0.5, 0.6) is 0 Å². The van der Waals surface area contributed by atoms with Gasteiger partial charge in [0.15, 0.2) is 5.96 Å². The minimum absolute atomic E-state index is 0.0769. The molecule has 1 aromatic carbocycles. The monoisotopic (exact) mass is 438 g/mol. The number of nitrogens with zero attached hydrogens (tertiary/aromatic N) is 3. The van der Waals surface area contributed by atoms with E-state index in [9.17, 15) is 4.79 Å². The van der Waals surface area contributed by atoms with E-state index in [0.717, 1.165) is 55.7 Å². The average molecular weight is 439 g/mol. The summed E-state index contributed by atoms with van der Waals surface area (Å²) in [6.07, 6.45) is 4.23. The smallest absolute Gasteiger partial charge is 0.239 e. The summed E-state index contributed by atoms with van der Waals surface area (Å²) in [4.78, 5) is 21.0. The maximum Gasteiger partial charge on any atom is 0.239 e. The lowest BCUT2D eigenvalue weighted by molar-refractivity contribution is -0.120. The molecule has 2 fully saturated rings. The Morgan fingerprint density at radius 1 is 1.16 bits per heavy atom. The van der Waals surface area contributed by atoms with Gasteiger partial charge in [0.1, 0.15) is 5.76 Å². The van der Waals surface area contributed by atoms with Crippen LogP contribution in [-0.2, 0) is 11.3 Å². The molecule has 0 spiro atoms. The molecule has 1 atom stereocenters. The lowest BCUT2D eigenvalue weighted by Crippen LogP contribution is -2.47. The molecule has 0 radical (unpaired) electrons. The number of amides is 1. The molecule has 3 N–H and O–H groups in total. The molecule has 2 aliphatic heterocycles. The molecule has 4 rings (SSSR count). The Bertz CT molecular complexity index is 874. The van der Waals surface area contributed by atoms with Gasteiger partial charge < -0.3 is 25.3 Å². The van der Waals surface area contributed by atoms with Crippen molar-refractivity contribution in [3.8, 4) is 0 Å². The van der Waals surface area contributed by atoms with E-state index < -0.39 is 0 Å². The summed E-state index contributed by atoms with van der Waals surface area (Å²) < 4.78 is 5.73. The maximum absolute atomic E-state index is 11.6. The molecule has 32 heavy (non-hydrogen) atoms. The summed E-state index contributed by atoms with van der Waals surface area (Å²) in [5, 5.41) is 9.72.